The predicted octanol–water partition coefficient (Wildman–Crippen LogP) is 2.77. The first-order valence-electron chi connectivity index (χ1n) is 7.13. The number of nitrogens with one attached hydrogen (secondary N) is 1. The summed E-state index contributed by atoms with van der Waals surface area (Å²) in [6, 6.07) is 10.3. The van der Waals surface area contributed by atoms with Crippen molar-refractivity contribution in [2.75, 3.05) is 0 Å². The molecule has 4 nitrogen and oxygen atoms in total. The first-order chi connectivity index (χ1) is 9.58. The number of aryl methyl sites for hydroxylation is 1. The molecular formula is C16H23NO3. The number of carbonyl (C=O) groups is 2. The quantitative estimate of drug-likeness (QED) is 0.682. The molecule has 4 heteroatoms. The number of carboxylic acids is 1. The van der Waals surface area contributed by atoms with E-state index >= 15 is 0 Å². The molecule has 0 heterocycles. The number of carboxylic acid groups (broad SMARTS) is 1. The lowest BCUT2D eigenvalue weighted by Crippen LogP contribution is -2.32. The van der Waals surface area contributed by atoms with E-state index in [9.17, 15) is 9.59 Å². The minimum atomic E-state index is -0.804. The maximum absolute atomic E-state index is 11.7. The fraction of sp³-hybridized carbons (Fsp3) is 0.500. The summed E-state index contributed by atoms with van der Waals surface area (Å²) >= 11 is 0. The Hall–Kier alpha value is -1.84. The molecular weight excluding hydrogens is 254 g/mol. The molecule has 1 amide bonds. The van der Waals surface area contributed by atoms with Crippen LogP contribution in [0.15, 0.2) is 30.3 Å². The number of hydrogen-bond donors (Lipinski definition) is 2. The van der Waals surface area contributed by atoms with Gasteiger partial charge in [-0.15, -0.1) is 0 Å². The highest BCUT2D eigenvalue weighted by atomic mass is 16.4. The van der Waals surface area contributed by atoms with Crippen LogP contribution < -0.4 is 5.32 Å². The highest BCUT2D eigenvalue weighted by Crippen LogP contribution is 2.05. The minimum absolute atomic E-state index is 0.0101. The number of unbranched alkanes of at least 4 members (excludes halogenated alkanes) is 1. The van der Waals surface area contributed by atoms with Crippen molar-refractivity contribution in [1.82, 2.24) is 5.32 Å². The molecule has 0 aromatic heterocycles. The Bertz CT molecular complexity index is 417. The zero-order valence-electron chi connectivity index (χ0n) is 12.0. The smallest absolute Gasteiger partial charge is 0.303 e. The predicted molar refractivity (Wildman–Crippen MR) is 78.5 cm³/mol. The third-order valence-corrected chi connectivity index (χ3v) is 3.16. The second kappa shape index (κ2) is 9.13. The van der Waals surface area contributed by atoms with Gasteiger partial charge in [-0.25, -0.2) is 0 Å². The van der Waals surface area contributed by atoms with Gasteiger partial charge in [0.05, 0.1) is 0 Å². The highest BCUT2D eigenvalue weighted by Gasteiger charge is 2.07. The Morgan fingerprint density at radius 2 is 1.80 bits per heavy atom. The summed E-state index contributed by atoms with van der Waals surface area (Å²) in [6.45, 7) is 2.00. The molecule has 0 aliphatic carbocycles. The fourth-order valence-electron chi connectivity index (χ4n) is 2.01. The lowest BCUT2D eigenvalue weighted by molar-refractivity contribution is -0.137. The van der Waals surface area contributed by atoms with E-state index in [1.165, 1.54) is 5.56 Å². The van der Waals surface area contributed by atoms with Crippen molar-refractivity contribution in [2.24, 2.45) is 0 Å². The number of benzene rings is 1. The van der Waals surface area contributed by atoms with Crippen molar-refractivity contribution in [1.29, 1.82) is 0 Å². The normalized spacial score (nSPS) is 11.8. The van der Waals surface area contributed by atoms with Gasteiger partial charge in [0.1, 0.15) is 0 Å². The van der Waals surface area contributed by atoms with Gasteiger partial charge in [0.15, 0.2) is 0 Å². The molecule has 1 atom stereocenters. The minimum Gasteiger partial charge on any atom is -0.481 e. The molecule has 0 saturated carbocycles. The molecule has 1 unspecified atom stereocenters. The van der Waals surface area contributed by atoms with E-state index in [1.807, 2.05) is 25.1 Å². The molecule has 20 heavy (non-hydrogen) atoms. The van der Waals surface area contributed by atoms with Gasteiger partial charge in [-0.3, -0.25) is 9.59 Å². The topological polar surface area (TPSA) is 66.4 Å². The Balaban J connectivity index is 2.13. The van der Waals surface area contributed by atoms with Crippen LogP contribution in [-0.2, 0) is 16.0 Å². The van der Waals surface area contributed by atoms with E-state index < -0.39 is 5.97 Å². The average molecular weight is 277 g/mol. The second-order valence-electron chi connectivity index (χ2n) is 5.09. The van der Waals surface area contributed by atoms with E-state index in [0.29, 0.717) is 19.3 Å². The summed E-state index contributed by atoms with van der Waals surface area (Å²) in [7, 11) is 0. The van der Waals surface area contributed by atoms with Crippen LogP contribution >= 0.6 is 0 Å². The molecule has 0 saturated heterocycles. The van der Waals surface area contributed by atoms with Crippen LogP contribution in [0.4, 0.5) is 0 Å². The van der Waals surface area contributed by atoms with Crippen LogP contribution in [0, 0.1) is 0 Å². The molecule has 1 rings (SSSR count). The number of aliphatic carboxylic acids is 1. The van der Waals surface area contributed by atoms with Gasteiger partial charge in [-0.1, -0.05) is 30.3 Å². The molecule has 0 aliphatic rings. The van der Waals surface area contributed by atoms with E-state index in [4.69, 9.17) is 5.11 Å². The largest absolute Gasteiger partial charge is 0.481 e. The monoisotopic (exact) mass is 277 g/mol. The number of amides is 1. The third kappa shape index (κ3) is 7.56. The standard InChI is InChI=1S/C16H23NO3/c1-13(11-12-14-7-3-2-4-8-14)17-15(18)9-5-6-10-16(19)20/h2-4,7-8,13H,5-6,9-12H2,1H3,(H,17,18)(H,19,20). The summed E-state index contributed by atoms with van der Waals surface area (Å²) in [5.74, 6) is -0.794. The van der Waals surface area contributed by atoms with Crippen molar-refractivity contribution in [3.05, 3.63) is 35.9 Å². The highest BCUT2D eigenvalue weighted by molar-refractivity contribution is 5.76. The summed E-state index contributed by atoms with van der Waals surface area (Å²) in [5, 5.41) is 11.5. The van der Waals surface area contributed by atoms with E-state index in [2.05, 4.69) is 17.4 Å². The maximum atomic E-state index is 11.7. The van der Waals surface area contributed by atoms with Crippen molar-refractivity contribution < 1.29 is 14.7 Å². The molecule has 110 valence electrons. The van der Waals surface area contributed by atoms with Crippen molar-refractivity contribution >= 4 is 11.9 Å². The van der Waals surface area contributed by atoms with Gasteiger partial charge in [-0.2, -0.15) is 0 Å². The summed E-state index contributed by atoms with van der Waals surface area (Å²) < 4.78 is 0. The SMILES string of the molecule is CC(CCc1ccccc1)NC(=O)CCCCC(=O)O. The summed E-state index contributed by atoms with van der Waals surface area (Å²) in [6.07, 6.45) is 3.58. The van der Waals surface area contributed by atoms with Gasteiger partial charge in [0.25, 0.3) is 0 Å². The number of carbonyl (C=O) groups excluding carboxylic acids is 1. The first kappa shape index (κ1) is 16.2. The first-order valence-corrected chi connectivity index (χ1v) is 7.13. The fourth-order valence-corrected chi connectivity index (χ4v) is 2.01. The zero-order valence-corrected chi connectivity index (χ0v) is 12.0. The molecule has 2 N–H and O–H groups in total. The van der Waals surface area contributed by atoms with Crippen molar-refractivity contribution in [2.45, 2.75) is 51.5 Å². The van der Waals surface area contributed by atoms with E-state index in [1.54, 1.807) is 0 Å². The summed E-state index contributed by atoms with van der Waals surface area (Å²) in [5.41, 5.74) is 1.27. The van der Waals surface area contributed by atoms with Crippen LogP contribution in [0.25, 0.3) is 0 Å². The molecule has 0 bridgehead atoms. The second-order valence-corrected chi connectivity index (χ2v) is 5.09. The molecule has 0 fully saturated rings. The van der Waals surface area contributed by atoms with Crippen molar-refractivity contribution in [3.63, 3.8) is 0 Å². The third-order valence-electron chi connectivity index (χ3n) is 3.16. The van der Waals surface area contributed by atoms with Crippen molar-refractivity contribution in [3.8, 4) is 0 Å². The molecule has 0 spiro atoms. The van der Waals surface area contributed by atoms with Crippen LogP contribution in [-0.4, -0.2) is 23.0 Å². The van der Waals surface area contributed by atoms with Gasteiger partial charge in [-0.05, 0) is 38.2 Å². The Labute approximate surface area is 120 Å². The average Bonchev–Trinajstić information content (AvgIpc) is 2.42. The Morgan fingerprint density at radius 3 is 2.45 bits per heavy atom. The maximum Gasteiger partial charge on any atom is 0.303 e. The Morgan fingerprint density at radius 1 is 1.15 bits per heavy atom. The van der Waals surface area contributed by atoms with Crippen LogP contribution in [0.5, 0.6) is 0 Å². The molecule has 1 aromatic carbocycles. The molecule has 1 aromatic rings. The van der Waals surface area contributed by atoms with Crippen LogP contribution in [0.2, 0.25) is 0 Å². The number of hydrogen-bond acceptors (Lipinski definition) is 2. The van der Waals surface area contributed by atoms with Gasteiger partial charge in [0.2, 0.25) is 5.91 Å². The van der Waals surface area contributed by atoms with Gasteiger partial charge in [0, 0.05) is 18.9 Å². The van der Waals surface area contributed by atoms with Crippen LogP contribution in [0.3, 0.4) is 0 Å². The van der Waals surface area contributed by atoms with E-state index in [0.717, 1.165) is 12.8 Å². The lowest BCUT2D eigenvalue weighted by Gasteiger charge is -2.13. The van der Waals surface area contributed by atoms with Crippen LogP contribution in [0.1, 0.15) is 44.6 Å². The lowest BCUT2D eigenvalue weighted by atomic mass is 10.1. The zero-order chi connectivity index (χ0) is 14.8. The Kier molecular flexibility index (Phi) is 7.40. The van der Waals surface area contributed by atoms with Gasteiger partial charge >= 0.3 is 5.97 Å². The molecule has 0 radical (unpaired) electrons. The van der Waals surface area contributed by atoms with Gasteiger partial charge < -0.3 is 10.4 Å². The van der Waals surface area contributed by atoms with E-state index in [-0.39, 0.29) is 18.4 Å². The molecule has 0 aliphatic heterocycles. The summed E-state index contributed by atoms with van der Waals surface area (Å²) in [4.78, 5) is 22.0. The number of rotatable bonds is 9.